The third kappa shape index (κ3) is 3.80. The predicted molar refractivity (Wildman–Crippen MR) is 96.1 cm³/mol. The Hall–Kier alpha value is -2.86. The van der Waals surface area contributed by atoms with Gasteiger partial charge in [-0.1, -0.05) is 29.8 Å². The fourth-order valence-corrected chi connectivity index (χ4v) is 2.60. The zero-order valence-electron chi connectivity index (χ0n) is 13.5. The minimum absolute atomic E-state index is 0.0190. The molecule has 0 aliphatic carbocycles. The molecule has 25 heavy (non-hydrogen) atoms. The Morgan fingerprint density at radius 2 is 2.04 bits per heavy atom. The van der Waals surface area contributed by atoms with E-state index in [1.807, 2.05) is 25.1 Å². The van der Waals surface area contributed by atoms with Gasteiger partial charge in [-0.25, -0.2) is 0 Å². The first-order valence-electron chi connectivity index (χ1n) is 7.77. The monoisotopic (exact) mass is 357 g/mol. The molecule has 0 saturated carbocycles. The van der Waals surface area contributed by atoms with Crippen LogP contribution in [0, 0.1) is 0 Å². The van der Waals surface area contributed by atoms with Crippen molar-refractivity contribution >= 4 is 34.9 Å². The van der Waals surface area contributed by atoms with Gasteiger partial charge in [-0.05, 0) is 37.3 Å². The van der Waals surface area contributed by atoms with E-state index in [1.165, 1.54) is 11.1 Å². The summed E-state index contributed by atoms with van der Waals surface area (Å²) in [6.07, 6.45) is 0.0190. The molecule has 1 N–H and O–H groups in total. The maximum absolute atomic E-state index is 12.5. The number of halogens is 1. The number of ether oxygens (including phenoxy) is 1. The van der Waals surface area contributed by atoms with Crippen LogP contribution in [0.4, 0.5) is 5.69 Å². The van der Waals surface area contributed by atoms with Crippen LogP contribution in [0.3, 0.4) is 0 Å². The molecule has 2 amide bonds. The quantitative estimate of drug-likeness (QED) is 0.913. The first kappa shape index (κ1) is 17.0. The van der Waals surface area contributed by atoms with Crippen LogP contribution in [0.15, 0.2) is 53.6 Å². The van der Waals surface area contributed by atoms with Gasteiger partial charge in [-0.2, -0.15) is 10.1 Å². The van der Waals surface area contributed by atoms with Crippen LogP contribution in [-0.2, 0) is 4.79 Å². The SMILES string of the molecule is CCOc1ccc(Cl)cc1C(=O)NC1=NN(c2ccccc2)C(=O)C1. The number of rotatable bonds is 4. The second-order valence-electron chi connectivity index (χ2n) is 5.29. The number of nitrogens with one attached hydrogen (secondary N) is 1. The molecule has 3 rings (SSSR count). The van der Waals surface area contributed by atoms with E-state index < -0.39 is 5.91 Å². The number of amidine groups is 1. The molecule has 0 radical (unpaired) electrons. The van der Waals surface area contributed by atoms with Crippen molar-refractivity contribution in [3.8, 4) is 5.75 Å². The average Bonchev–Trinajstić information content (AvgIpc) is 2.97. The van der Waals surface area contributed by atoms with Gasteiger partial charge < -0.3 is 10.1 Å². The van der Waals surface area contributed by atoms with Crippen molar-refractivity contribution in [2.45, 2.75) is 13.3 Å². The highest BCUT2D eigenvalue weighted by atomic mass is 35.5. The minimum atomic E-state index is -0.424. The number of anilines is 1. The molecule has 0 unspecified atom stereocenters. The lowest BCUT2D eigenvalue weighted by molar-refractivity contribution is -0.116. The highest BCUT2D eigenvalue weighted by Gasteiger charge is 2.27. The molecule has 0 spiro atoms. The largest absolute Gasteiger partial charge is 0.493 e. The fourth-order valence-electron chi connectivity index (χ4n) is 2.43. The molecule has 0 bridgehead atoms. The van der Waals surface area contributed by atoms with Crippen LogP contribution in [0.5, 0.6) is 5.75 Å². The summed E-state index contributed by atoms with van der Waals surface area (Å²) in [4.78, 5) is 24.7. The Kier molecular flexibility index (Phi) is 5.00. The van der Waals surface area contributed by atoms with Crippen molar-refractivity contribution in [1.82, 2.24) is 5.32 Å². The van der Waals surface area contributed by atoms with Gasteiger partial charge in [0.2, 0.25) is 0 Å². The van der Waals surface area contributed by atoms with Crippen molar-refractivity contribution in [2.24, 2.45) is 5.10 Å². The van der Waals surface area contributed by atoms with Gasteiger partial charge in [0.25, 0.3) is 11.8 Å². The molecular weight excluding hydrogens is 342 g/mol. The zero-order valence-corrected chi connectivity index (χ0v) is 14.3. The lowest BCUT2D eigenvalue weighted by atomic mass is 10.2. The van der Waals surface area contributed by atoms with Crippen molar-refractivity contribution in [3.63, 3.8) is 0 Å². The third-order valence-electron chi connectivity index (χ3n) is 3.52. The molecule has 1 heterocycles. The molecule has 1 aliphatic rings. The summed E-state index contributed by atoms with van der Waals surface area (Å²) in [5.74, 6) is 0.0700. The summed E-state index contributed by atoms with van der Waals surface area (Å²) in [6.45, 7) is 2.25. The highest BCUT2D eigenvalue weighted by molar-refractivity contribution is 6.31. The van der Waals surface area contributed by atoms with Gasteiger partial charge in [0.15, 0.2) is 0 Å². The normalized spacial score (nSPS) is 13.6. The Morgan fingerprint density at radius 1 is 1.28 bits per heavy atom. The number of carbonyl (C=O) groups is 2. The second-order valence-corrected chi connectivity index (χ2v) is 5.73. The van der Waals surface area contributed by atoms with Gasteiger partial charge in [-0.15, -0.1) is 0 Å². The number of hydrogen-bond donors (Lipinski definition) is 1. The van der Waals surface area contributed by atoms with Gasteiger partial charge in [0, 0.05) is 5.02 Å². The van der Waals surface area contributed by atoms with Crippen LogP contribution in [-0.4, -0.2) is 24.3 Å². The molecule has 0 fully saturated rings. The van der Waals surface area contributed by atoms with Crippen molar-refractivity contribution in [2.75, 3.05) is 11.6 Å². The van der Waals surface area contributed by atoms with E-state index in [9.17, 15) is 9.59 Å². The number of nitrogens with zero attached hydrogens (tertiary/aromatic N) is 2. The molecule has 2 aromatic rings. The summed E-state index contributed by atoms with van der Waals surface area (Å²) in [5.41, 5.74) is 0.942. The molecular formula is C18H16ClN3O3. The van der Waals surface area contributed by atoms with E-state index in [1.54, 1.807) is 24.3 Å². The number of amides is 2. The number of para-hydroxylation sites is 1. The van der Waals surface area contributed by atoms with Gasteiger partial charge in [0.05, 0.1) is 24.3 Å². The number of hydrogen-bond acceptors (Lipinski definition) is 4. The zero-order chi connectivity index (χ0) is 17.8. The van der Waals surface area contributed by atoms with Crippen LogP contribution < -0.4 is 15.1 Å². The molecule has 7 heteroatoms. The minimum Gasteiger partial charge on any atom is -0.493 e. The van der Waals surface area contributed by atoms with E-state index in [2.05, 4.69) is 10.4 Å². The van der Waals surface area contributed by atoms with Crippen LogP contribution in [0.25, 0.3) is 0 Å². The van der Waals surface area contributed by atoms with Crippen molar-refractivity contribution in [3.05, 3.63) is 59.1 Å². The Bertz CT molecular complexity index is 837. The van der Waals surface area contributed by atoms with E-state index in [0.717, 1.165) is 0 Å². The van der Waals surface area contributed by atoms with Crippen LogP contribution in [0.1, 0.15) is 23.7 Å². The number of benzene rings is 2. The fraction of sp³-hybridized carbons (Fsp3) is 0.167. The topological polar surface area (TPSA) is 71.0 Å². The molecule has 0 aromatic heterocycles. The van der Waals surface area contributed by atoms with E-state index in [4.69, 9.17) is 16.3 Å². The molecule has 0 saturated heterocycles. The summed E-state index contributed by atoms with van der Waals surface area (Å²) < 4.78 is 5.45. The second kappa shape index (κ2) is 7.36. The molecule has 128 valence electrons. The van der Waals surface area contributed by atoms with E-state index in [-0.39, 0.29) is 18.2 Å². The Labute approximate surface area is 150 Å². The average molecular weight is 358 g/mol. The lowest BCUT2D eigenvalue weighted by Crippen LogP contribution is -2.30. The lowest BCUT2D eigenvalue weighted by Gasteiger charge is -2.11. The smallest absolute Gasteiger partial charge is 0.260 e. The van der Waals surface area contributed by atoms with Crippen molar-refractivity contribution in [1.29, 1.82) is 0 Å². The number of hydrazone groups is 1. The maximum Gasteiger partial charge on any atom is 0.260 e. The molecule has 1 aliphatic heterocycles. The van der Waals surface area contributed by atoms with E-state index in [0.29, 0.717) is 28.6 Å². The predicted octanol–water partition coefficient (Wildman–Crippen LogP) is 3.22. The third-order valence-corrected chi connectivity index (χ3v) is 3.76. The molecule has 2 aromatic carbocycles. The first-order valence-corrected chi connectivity index (χ1v) is 8.15. The van der Waals surface area contributed by atoms with Gasteiger partial charge in [0.1, 0.15) is 11.6 Å². The van der Waals surface area contributed by atoms with Crippen molar-refractivity contribution < 1.29 is 14.3 Å². The first-order chi connectivity index (χ1) is 12.1. The van der Waals surface area contributed by atoms with E-state index >= 15 is 0 Å². The summed E-state index contributed by atoms with van der Waals surface area (Å²) in [6, 6.07) is 13.8. The highest BCUT2D eigenvalue weighted by Crippen LogP contribution is 2.24. The summed E-state index contributed by atoms with van der Waals surface area (Å²) >= 11 is 5.98. The van der Waals surface area contributed by atoms with Crippen LogP contribution in [0.2, 0.25) is 5.02 Å². The van der Waals surface area contributed by atoms with Gasteiger partial charge in [-0.3, -0.25) is 9.59 Å². The molecule has 0 atom stereocenters. The van der Waals surface area contributed by atoms with Gasteiger partial charge >= 0.3 is 0 Å². The molecule has 6 nitrogen and oxygen atoms in total. The Balaban J connectivity index is 1.80. The number of carbonyl (C=O) groups excluding carboxylic acids is 2. The maximum atomic E-state index is 12.5. The standard InChI is InChI=1S/C18H16ClN3O3/c1-2-25-15-9-8-12(19)10-14(15)18(24)20-16-11-17(23)22(21-16)13-6-4-3-5-7-13/h3-10H,2,11H2,1H3,(H,20,21,24). The Morgan fingerprint density at radius 3 is 2.76 bits per heavy atom. The van der Waals surface area contributed by atoms with Crippen LogP contribution >= 0.6 is 11.6 Å². The summed E-state index contributed by atoms with van der Waals surface area (Å²) in [5, 5.41) is 8.55. The summed E-state index contributed by atoms with van der Waals surface area (Å²) in [7, 11) is 0.